The number of ether oxygens (including phenoxy) is 3. The van der Waals surface area contributed by atoms with Crippen LogP contribution in [0.25, 0.3) is 11.0 Å². The second-order valence-corrected chi connectivity index (χ2v) is 11.0. The summed E-state index contributed by atoms with van der Waals surface area (Å²) in [5, 5.41) is 0.168. The average Bonchev–Trinajstić information content (AvgIpc) is 3.28. The van der Waals surface area contributed by atoms with Crippen molar-refractivity contribution in [1.82, 2.24) is 19.4 Å². The lowest BCUT2D eigenvalue weighted by molar-refractivity contribution is -0.139. The smallest absolute Gasteiger partial charge is 0.421 e. The van der Waals surface area contributed by atoms with Gasteiger partial charge in [-0.2, -0.15) is 13.2 Å². The van der Waals surface area contributed by atoms with Gasteiger partial charge in [-0.05, 0) is 54.8 Å². The first-order valence-corrected chi connectivity index (χ1v) is 14.0. The number of halogens is 5. The Hall–Kier alpha value is -3.74. The second kappa shape index (κ2) is 11.7. The van der Waals surface area contributed by atoms with Crippen LogP contribution >= 0.6 is 11.6 Å². The van der Waals surface area contributed by atoms with Crippen LogP contribution in [0.4, 0.5) is 17.6 Å². The van der Waals surface area contributed by atoms with E-state index in [9.17, 15) is 22.4 Å². The maximum atomic E-state index is 14.3. The first-order chi connectivity index (χ1) is 20.6. The van der Waals surface area contributed by atoms with E-state index in [-0.39, 0.29) is 23.2 Å². The molecule has 0 unspecified atom stereocenters. The fourth-order valence-corrected chi connectivity index (χ4v) is 5.46. The number of nitrogens with zero attached hydrogens (tertiary/aromatic N) is 4. The van der Waals surface area contributed by atoms with Gasteiger partial charge in [-0.1, -0.05) is 17.7 Å². The third kappa shape index (κ3) is 6.17. The van der Waals surface area contributed by atoms with Crippen molar-refractivity contribution >= 4 is 28.6 Å². The van der Waals surface area contributed by atoms with Crippen LogP contribution in [0, 0.1) is 5.82 Å². The van der Waals surface area contributed by atoms with Crippen molar-refractivity contribution < 1.29 is 36.6 Å². The zero-order chi connectivity index (χ0) is 30.3. The number of hydrogen-bond donors (Lipinski definition) is 0. The highest BCUT2D eigenvalue weighted by molar-refractivity contribution is 6.30. The number of methoxy groups -OCH3 is 1. The molecule has 43 heavy (non-hydrogen) atoms. The van der Waals surface area contributed by atoms with Gasteiger partial charge in [0.1, 0.15) is 23.8 Å². The molecular formula is C30H27ClF4N4O4. The SMILES string of the molecule is COC(=O)c1ccc2nc(CN3CCc4cc(C(F)(F)F)c(OCc5ccc(Cl)cc5F)nc4C3)n(C[C@@H]3CCO3)c2c1. The van der Waals surface area contributed by atoms with Gasteiger partial charge in [0.2, 0.25) is 5.88 Å². The molecule has 2 aliphatic rings. The third-order valence-electron chi connectivity index (χ3n) is 7.70. The van der Waals surface area contributed by atoms with Crippen molar-refractivity contribution in [1.29, 1.82) is 0 Å². The lowest BCUT2D eigenvalue weighted by atomic mass is 10.0. The molecule has 4 aromatic rings. The number of carbonyl (C=O) groups excluding carboxylic acids is 1. The molecule has 0 saturated carbocycles. The van der Waals surface area contributed by atoms with Crippen LogP contribution in [0.1, 0.15) is 45.0 Å². The maximum Gasteiger partial charge on any atom is 0.421 e. The summed E-state index contributed by atoms with van der Waals surface area (Å²) in [6, 6.07) is 10.1. The van der Waals surface area contributed by atoms with E-state index in [2.05, 4.69) is 4.98 Å². The molecule has 0 amide bonds. The number of hydrogen-bond acceptors (Lipinski definition) is 7. The van der Waals surface area contributed by atoms with E-state index in [0.29, 0.717) is 55.0 Å². The van der Waals surface area contributed by atoms with Crippen molar-refractivity contribution in [3.8, 4) is 5.88 Å². The summed E-state index contributed by atoms with van der Waals surface area (Å²) in [7, 11) is 1.32. The van der Waals surface area contributed by atoms with Gasteiger partial charge in [-0.25, -0.2) is 19.2 Å². The highest BCUT2D eigenvalue weighted by atomic mass is 35.5. The number of alkyl halides is 3. The summed E-state index contributed by atoms with van der Waals surface area (Å²) < 4.78 is 74.1. The molecule has 1 fully saturated rings. The molecule has 2 aliphatic heterocycles. The Labute approximate surface area is 249 Å². The minimum atomic E-state index is -4.70. The molecule has 2 aromatic carbocycles. The molecule has 1 atom stereocenters. The molecule has 2 aromatic heterocycles. The molecule has 8 nitrogen and oxygen atoms in total. The van der Waals surface area contributed by atoms with E-state index >= 15 is 0 Å². The summed E-state index contributed by atoms with van der Waals surface area (Å²) >= 11 is 5.79. The van der Waals surface area contributed by atoms with Crippen LogP contribution in [-0.4, -0.2) is 51.8 Å². The molecule has 4 heterocycles. The maximum absolute atomic E-state index is 14.3. The van der Waals surface area contributed by atoms with Gasteiger partial charge in [0.15, 0.2) is 0 Å². The van der Waals surface area contributed by atoms with Crippen molar-refractivity contribution in [3.63, 3.8) is 0 Å². The Morgan fingerprint density at radius 1 is 1.16 bits per heavy atom. The molecule has 0 aliphatic carbocycles. The number of rotatable bonds is 8. The van der Waals surface area contributed by atoms with Crippen LogP contribution in [0.3, 0.4) is 0 Å². The lowest BCUT2D eigenvalue weighted by Crippen LogP contribution is -2.34. The van der Waals surface area contributed by atoms with E-state index < -0.39 is 36.0 Å². The molecule has 226 valence electrons. The summed E-state index contributed by atoms with van der Waals surface area (Å²) in [4.78, 5) is 23.3. The number of pyridine rings is 1. The van der Waals surface area contributed by atoms with Gasteiger partial charge in [-0.3, -0.25) is 4.90 Å². The summed E-state index contributed by atoms with van der Waals surface area (Å²) in [6.45, 7) is 1.93. The predicted octanol–water partition coefficient (Wildman–Crippen LogP) is 5.96. The Morgan fingerprint density at radius 3 is 2.67 bits per heavy atom. The Balaban J connectivity index is 1.27. The van der Waals surface area contributed by atoms with E-state index in [4.69, 9.17) is 30.8 Å². The Bertz CT molecular complexity index is 1690. The minimum Gasteiger partial charge on any atom is -0.472 e. The first kappa shape index (κ1) is 29.3. The number of fused-ring (bicyclic) bond motifs is 2. The highest BCUT2D eigenvalue weighted by Crippen LogP contribution is 2.38. The quantitative estimate of drug-likeness (QED) is 0.178. The van der Waals surface area contributed by atoms with Gasteiger partial charge in [-0.15, -0.1) is 0 Å². The van der Waals surface area contributed by atoms with Gasteiger partial charge in [0.25, 0.3) is 0 Å². The van der Waals surface area contributed by atoms with E-state index in [1.165, 1.54) is 19.2 Å². The summed E-state index contributed by atoms with van der Waals surface area (Å²) in [5.74, 6) is -1.01. The van der Waals surface area contributed by atoms with E-state index in [0.717, 1.165) is 29.9 Å². The van der Waals surface area contributed by atoms with E-state index in [1.807, 2.05) is 9.47 Å². The number of benzene rings is 2. The molecule has 1 saturated heterocycles. The van der Waals surface area contributed by atoms with Gasteiger partial charge in [0.05, 0.1) is 48.6 Å². The molecule has 13 heteroatoms. The third-order valence-corrected chi connectivity index (χ3v) is 7.94. The summed E-state index contributed by atoms with van der Waals surface area (Å²) in [6.07, 6.45) is -3.44. The molecule has 0 N–H and O–H groups in total. The number of aromatic nitrogens is 3. The zero-order valence-electron chi connectivity index (χ0n) is 23.1. The summed E-state index contributed by atoms with van der Waals surface area (Å²) in [5.41, 5.74) is 1.86. The predicted molar refractivity (Wildman–Crippen MR) is 148 cm³/mol. The monoisotopic (exact) mass is 618 g/mol. The van der Waals surface area contributed by atoms with Crippen LogP contribution in [-0.2, 0) is 48.3 Å². The molecule has 0 spiro atoms. The topological polar surface area (TPSA) is 78.7 Å². The highest BCUT2D eigenvalue weighted by Gasteiger charge is 2.37. The van der Waals surface area contributed by atoms with Crippen LogP contribution < -0.4 is 4.74 Å². The van der Waals surface area contributed by atoms with E-state index in [1.54, 1.807) is 18.2 Å². The fourth-order valence-electron chi connectivity index (χ4n) is 5.30. The van der Waals surface area contributed by atoms with Gasteiger partial charge in [0, 0.05) is 30.3 Å². The van der Waals surface area contributed by atoms with Crippen molar-refractivity contribution in [2.45, 2.75) is 51.4 Å². The second-order valence-electron chi connectivity index (χ2n) is 10.5. The molecular weight excluding hydrogens is 592 g/mol. The van der Waals surface area contributed by atoms with Crippen LogP contribution in [0.5, 0.6) is 5.88 Å². The van der Waals surface area contributed by atoms with Gasteiger partial charge >= 0.3 is 12.1 Å². The zero-order valence-corrected chi connectivity index (χ0v) is 23.8. The Kier molecular flexibility index (Phi) is 8.01. The van der Waals surface area contributed by atoms with Crippen molar-refractivity contribution in [3.05, 3.63) is 87.1 Å². The standard InChI is InChI=1S/C30H27ClF4N4O4/c1-41-29(40)18-3-5-24-26(11-18)39(13-21-7-9-42-21)27(36-24)15-38-8-6-17-10-22(30(33,34)35)28(37-25(17)14-38)43-16-19-2-4-20(31)12-23(19)32/h2-5,10-12,21H,6-9,13-16H2,1H3/t21-/m0/s1. The first-order valence-electron chi connectivity index (χ1n) is 13.7. The fraction of sp³-hybridized carbons (Fsp3) is 0.367. The number of imidazole rings is 1. The molecule has 6 rings (SSSR count). The van der Waals surface area contributed by atoms with Crippen LogP contribution in [0.15, 0.2) is 42.5 Å². The molecule has 0 bridgehead atoms. The average molecular weight is 619 g/mol. The Morgan fingerprint density at radius 2 is 1.98 bits per heavy atom. The minimum absolute atomic E-state index is 0.0210. The van der Waals surface area contributed by atoms with Crippen molar-refractivity contribution in [2.24, 2.45) is 0 Å². The van der Waals surface area contributed by atoms with Crippen LogP contribution in [0.2, 0.25) is 5.02 Å². The normalized spacial score (nSPS) is 17.0. The largest absolute Gasteiger partial charge is 0.472 e. The number of esters is 1. The lowest BCUT2D eigenvalue weighted by Gasteiger charge is -2.30. The van der Waals surface area contributed by atoms with Crippen molar-refractivity contribution in [2.75, 3.05) is 20.3 Å². The number of carbonyl (C=O) groups is 1. The van der Waals surface area contributed by atoms with Gasteiger partial charge < -0.3 is 18.8 Å². The molecule has 0 radical (unpaired) electrons.